The average molecular weight is 367 g/mol. The van der Waals surface area contributed by atoms with E-state index < -0.39 is 0 Å². The van der Waals surface area contributed by atoms with Crippen molar-refractivity contribution in [2.45, 2.75) is 12.8 Å². The fourth-order valence-corrected chi connectivity index (χ4v) is 2.37. The molecule has 128 valence electrons. The van der Waals surface area contributed by atoms with Gasteiger partial charge in [0.15, 0.2) is 0 Å². The molecule has 0 unspecified atom stereocenters. The molecular formula is C18H20Cl2N2O2. The zero-order valence-electron chi connectivity index (χ0n) is 13.2. The number of hydrogen-bond donors (Lipinski definition) is 2. The number of ether oxygens (including phenoxy) is 1. The van der Waals surface area contributed by atoms with Crippen molar-refractivity contribution in [3.05, 3.63) is 64.1 Å². The van der Waals surface area contributed by atoms with Gasteiger partial charge in [-0.05, 0) is 42.7 Å². The van der Waals surface area contributed by atoms with E-state index in [1.165, 1.54) is 0 Å². The molecule has 0 saturated carbocycles. The number of para-hydroxylation sites is 1. The van der Waals surface area contributed by atoms with Crippen molar-refractivity contribution in [1.82, 2.24) is 10.6 Å². The van der Waals surface area contributed by atoms with E-state index in [0.717, 1.165) is 12.0 Å². The van der Waals surface area contributed by atoms with E-state index in [0.29, 0.717) is 41.9 Å². The first kappa shape index (κ1) is 18.4. The van der Waals surface area contributed by atoms with E-state index in [9.17, 15) is 4.79 Å². The van der Waals surface area contributed by atoms with E-state index in [4.69, 9.17) is 27.9 Å². The molecule has 0 aliphatic rings. The third kappa shape index (κ3) is 6.69. The zero-order chi connectivity index (χ0) is 17.2. The van der Waals surface area contributed by atoms with Crippen LogP contribution in [0.4, 0.5) is 4.79 Å². The molecule has 0 radical (unpaired) electrons. The Labute approximate surface area is 152 Å². The van der Waals surface area contributed by atoms with Crippen LogP contribution in [0.3, 0.4) is 0 Å². The zero-order valence-corrected chi connectivity index (χ0v) is 14.7. The van der Waals surface area contributed by atoms with E-state index >= 15 is 0 Å². The topological polar surface area (TPSA) is 50.4 Å². The Morgan fingerprint density at radius 2 is 1.67 bits per heavy atom. The monoisotopic (exact) mass is 366 g/mol. The van der Waals surface area contributed by atoms with Crippen molar-refractivity contribution in [3.63, 3.8) is 0 Å². The Balaban J connectivity index is 1.53. The van der Waals surface area contributed by atoms with Gasteiger partial charge >= 0.3 is 6.03 Å². The largest absolute Gasteiger partial charge is 0.492 e. The van der Waals surface area contributed by atoms with Gasteiger partial charge in [-0.1, -0.05) is 47.5 Å². The molecule has 2 rings (SSSR count). The molecule has 0 atom stereocenters. The van der Waals surface area contributed by atoms with Gasteiger partial charge in [-0.15, -0.1) is 0 Å². The second-order valence-corrected chi connectivity index (χ2v) is 6.04. The first-order chi connectivity index (χ1) is 11.6. The summed E-state index contributed by atoms with van der Waals surface area (Å²) < 4.78 is 5.55. The maximum Gasteiger partial charge on any atom is 0.314 e. The lowest BCUT2D eigenvalue weighted by Crippen LogP contribution is -2.37. The van der Waals surface area contributed by atoms with Crippen molar-refractivity contribution < 1.29 is 9.53 Å². The lowest BCUT2D eigenvalue weighted by Gasteiger charge is -2.09. The second-order valence-electron chi connectivity index (χ2n) is 5.19. The summed E-state index contributed by atoms with van der Waals surface area (Å²) in [5.41, 5.74) is 1.13. The van der Waals surface area contributed by atoms with Crippen LogP contribution in [-0.2, 0) is 6.42 Å². The van der Waals surface area contributed by atoms with Crippen LogP contribution in [-0.4, -0.2) is 25.7 Å². The Bertz CT molecular complexity index is 648. The molecule has 0 spiro atoms. The molecule has 6 heteroatoms. The van der Waals surface area contributed by atoms with E-state index in [1.54, 1.807) is 6.07 Å². The van der Waals surface area contributed by atoms with Gasteiger partial charge in [-0.3, -0.25) is 0 Å². The van der Waals surface area contributed by atoms with Crippen LogP contribution in [0, 0.1) is 0 Å². The highest BCUT2D eigenvalue weighted by atomic mass is 35.5. The fraction of sp³-hybridized carbons (Fsp3) is 0.278. The summed E-state index contributed by atoms with van der Waals surface area (Å²) >= 11 is 11.8. The molecule has 0 fully saturated rings. The number of carbonyl (C=O) groups excluding carboxylic acids is 1. The van der Waals surface area contributed by atoms with Gasteiger partial charge in [0.2, 0.25) is 0 Å². The van der Waals surface area contributed by atoms with Gasteiger partial charge < -0.3 is 15.4 Å². The normalized spacial score (nSPS) is 10.2. The number of carbonyl (C=O) groups is 1. The first-order valence-electron chi connectivity index (χ1n) is 7.78. The summed E-state index contributed by atoms with van der Waals surface area (Å²) in [6.07, 6.45) is 1.47. The van der Waals surface area contributed by atoms with Gasteiger partial charge in [-0.2, -0.15) is 0 Å². The lowest BCUT2D eigenvalue weighted by atomic mass is 10.1. The summed E-state index contributed by atoms with van der Waals surface area (Å²) in [6.45, 7) is 1.61. The Hall–Kier alpha value is -1.91. The van der Waals surface area contributed by atoms with Crippen molar-refractivity contribution in [2.75, 3.05) is 19.7 Å². The SMILES string of the molecule is O=C(NCCCOc1ccccc1Cl)NCCc1ccc(Cl)cc1. The molecule has 0 aromatic heterocycles. The van der Waals surface area contributed by atoms with Gasteiger partial charge in [0.05, 0.1) is 11.6 Å². The molecule has 4 nitrogen and oxygen atoms in total. The molecule has 0 bridgehead atoms. The second kappa shape index (κ2) is 10.1. The summed E-state index contributed by atoms with van der Waals surface area (Å²) in [5, 5.41) is 6.91. The van der Waals surface area contributed by atoms with Crippen molar-refractivity contribution in [2.24, 2.45) is 0 Å². The predicted octanol–water partition coefficient (Wildman–Crippen LogP) is 4.30. The molecule has 2 amide bonds. The molecule has 0 heterocycles. The average Bonchev–Trinajstić information content (AvgIpc) is 2.58. The minimum absolute atomic E-state index is 0.179. The molecule has 0 aliphatic carbocycles. The third-order valence-electron chi connectivity index (χ3n) is 3.31. The lowest BCUT2D eigenvalue weighted by molar-refractivity contribution is 0.239. The van der Waals surface area contributed by atoms with Crippen LogP contribution in [0.2, 0.25) is 10.0 Å². The minimum atomic E-state index is -0.179. The highest BCUT2D eigenvalue weighted by Crippen LogP contribution is 2.22. The maximum atomic E-state index is 11.7. The number of halogens is 2. The third-order valence-corrected chi connectivity index (χ3v) is 3.88. The number of urea groups is 1. The summed E-state index contributed by atoms with van der Waals surface area (Å²) in [4.78, 5) is 11.7. The van der Waals surface area contributed by atoms with Crippen molar-refractivity contribution >= 4 is 29.2 Å². The maximum absolute atomic E-state index is 11.7. The number of amides is 2. The van der Waals surface area contributed by atoms with Crippen LogP contribution in [0.15, 0.2) is 48.5 Å². The van der Waals surface area contributed by atoms with Crippen molar-refractivity contribution in [1.29, 1.82) is 0 Å². The van der Waals surface area contributed by atoms with E-state index in [1.807, 2.05) is 42.5 Å². The van der Waals surface area contributed by atoms with Gasteiger partial charge in [0, 0.05) is 18.1 Å². The molecule has 24 heavy (non-hydrogen) atoms. The van der Waals surface area contributed by atoms with Gasteiger partial charge in [0.25, 0.3) is 0 Å². The molecule has 2 N–H and O–H groups in total. The quantitative estimate of drug-likeness (QED) is 0.684. The summed E-state index contributed by atoms with van der Waals surface area (Å²) in [7, 11) is 0. The Morgan fingerprint density at radius 3 is 2.42 bits per heavy atom. The van der Waals surface area contributed by atoms with Crippen LogP contribution in [0.25, 0.3) is 0 Å². The number of benzene rings is 2. The molecular weight excluding hydrogens is 347 g/mol. The number of hydrogen-bond acceptors (Lipinski definition) is 2. The van der Waals surface area contributed by atoms with Gasteiger partial charge in [-0.25, -0.2) is 4.79 Å². The first-order valence-corrected chi connectivity index (χ1v) is 8.54. The standard InChI is InChI=1S/C18H20Cl2N2O2/c19-15-8-6-14(7-9-15)10-12-22-18(23)21-11-3-13-24-17-5-2-1-4-16(17)20/h1-2,4-9H,3,10-13H2,(H2,21,22,23). The number of nitrogens with one attached hydrogen (secondary N) is 2. The highest BCUT2D eigenvalue weighted by Gasteiger charge is 2.01. The smallest absolute Gasteiger partial charge is 0.314 e. The molecule has 0 aliphatic heterocycles. The molecule has 2 aromatic carbocycles. The molecule has 2 aromatic rings. The Morgan fingerprint density at radius 1 is 0.958 bits per heavy atom. The fourth-order valence-electron chi connectivity index (χ4n) is 2.05. The Kier molecular flexibility index (Phi) is 7.72. The minimum Gasteiger partial charge on any atom is -0.492 e. The highest BCUT2D eigenvalue weighted by molar-refractivity contribution is 6.32. The van der Waals surface area contributed by atoms with E-state index in [2.05, 4.69) is 10.6 Å². The summed E-state index contributed by atoms with van der Waals surface area (Å²) in [5.74, 6) is 0.659. The summed E-state index contributed by atoms with van der Waals surface area (Å²) in [6, 6.07) is 14.7. The molecule has 0 saturated heterocycles. The predicted molar refractivity (Wildman–Crippen MR) is 98.1 cm³/mol. The number of rotatable bonds is 8. The van der Waals surface area contributed by atoms with E-state index in [-0.39, 0.29) is 6.03 Å². The van der Waals surface area contributed by atoms with Crippen LogP contribution in [0.5, 0.6) is 5.75 Å². The van der Waals surface area contributed by atoms with Crippen LogP contribution >= 0.6 is 23.2 Å². The van der Waals surface area contributed by atoms with Crippen LogP contribution in [0.1, 0.15) is 12.0 Å². The van der Waals surface area contributed by atoms with Crippen LogP contribution < -0.4 is 15.4 Å². The van der Waals surface area contributed by atoms with Gasteiger partial charge in [0.1, 0.15) is 5.75 Å². The van der Waals surface area contributed by atoms with Crippen molar-refractivity contribution in [3.8, 4) is 5.75 Å².